The van der Waals surface area contributed by atoms with Gasteiger partial charge >= 0.3 is 0 Å². The molecule has 0 unspecified atom stereocenters. The Bertz CT molecular complexity index is 492. The Morgan fingerprint density at radius 3 is 2.90 bits per heavy atom. The van der Waals surface area contributed by atoms with Crippen LogP contribution in [-0.4, -0.2) is 41.6 Å². The van der Waals surface area contributed by atoms with Crippen LogP contribution in [0.3, 0.4) is 0 Å². The average molecular weight is 309 g/mol. The summed E-state index contributed by atoms with van der Waals surface area (Å²) in [6.07, 6.45) is 3.74. The lowest BCUT2D eigenvalue weighted by molar-refractivity contribution is 0.318. The lowest BCUT2D eigenvalue weighted by Crippen LogP contribution is -2.34. The number of nitrogens with zero attached hydrogens (tertiary/aromatic N) is 2. The van der Waals surface area contributed by atoms with Crippen molar-refractivity contribution in [3.8, 4) is 11.5 Å². The molecule has 2 N–H and O–H groups in total. The van der Waals surface area contributed by atoms with E-state index >= 15 is 0 Å². The molecule has 6 heteroatoms. The van der Waals surface area contributed by atoms with E-state index in [1.54, 1.807) is 30.4 Å². The molecule has 0 aliphatic rings. The average Bonchev–Trinajstić information content (AvgIpc) is 2.48. The predicted octanol–water partition coefficient (Wildman–Crippen LogP) is 2.73. The number of ether oxygens (including phenoxy) is 1. The normalized spacial score (nSPS) is 10.6. The number of hydrogen-bond acceptors (Lipinski definition) is 4. The summed E-state index contributed by atoms with van der Waals surface area (Å²) in [5.41, 5.74) is 0.587. The first-order chi connectivity index (χ1) is 10.1. The molecule has 1 aromatic rings. The van der Waals surface area contributed by atoms with Crippen molar-refractivity contribution < 1.29 is 9.84 Å². The molecule has 21 heavy (non-hydrogen) atoms. The van der Waals surface area contributed by atoms with Gasteiger partial charge < -0.3 is 15.2 Å². The monoisotopic (exact) mass is 309 g/mol. The Morgan fingerprint density at radius 2 is 2.24 bits per heavy atom. The van der Waals surface area contributed by atoms with Crippen LogP contribution in [-0.2, 0) is 0 Å². The fourth-order valence-corrected chi connectivity index (χ4v) is 1.75. The summed E-state index contributed by atoms with van der Waals surface area (Å²) in [7, 11) is 1.77. The number of thiocarbonyl (C=S) groups is 1. The molecule has 5 nitrogen and oxygen atoms in total. The minimum Gasteiger partial charge on any atom is -0.504 e. The molecule has 0 heterocycles. The standard InChI is InChI=1S/C15H23N3O2S/c1-4-6-10-16-15(21)18(3)17-11-12-8-7-9-13(14(12)19)20-5-2/h7-9,11,19H,4-6,10H2,1-3H3,(H,16,21)/b17-11-. The number of para-hydroxylation sites is 1. The van der Waals surface area contributed by atoms with E-state index in [2.05, 4.69) is 17.3 Å². The maximum atomic E-state index is 10.1. The number of unbranched alkanes of at least 4 members (excludes halogenated alkanes) is 1. The van der Waals surface area contributed by atoms with Crippen molar-refractivity contribution in [1.29, 1.82) is 0 Å². The minimum absolute atomic E-state index is 0.0846. The van der Waals surface area contributed by atoms with E-state index < -0.39 is 0 Å². The maximum absolute atomic E-state index is 10.1. The number of hydrazone groups is 1. The maximum Gasteiger partial charge on any atom is 0.189 e. The number of phenolic OH excluding ortho intramolecular Hbond substituents is 1. The second kappa shape index (κ2) is 9.18. The molecule has 1 rings (SSSR count). The van der Waals surface area contributed by atoms with Crippen LogP contribution < -0.4 is 10.1 Å². The number of benzene rings is 1. The molecule has 0 fully saturated rings. The smallest absolute Gasteiger partial charge is 0.189 e. The van der Waals surface area contributed by atoms with Crippen molar-refractivity contribution in [3.63, 3.8) is 0 Å². The second-order valence-corrected chi connectivity index (χ2v) is 4.87. The lowest BCUT2D eigenvalue weighted by atomic mass is 10.2. The Morgan fingerprint density at radius 1 is 1.48 bits per heavy atom. The third-order valence-corrected chi connectivity index (χ3v) is 3.21. The largest absolute Gasteiger partial charge is 0.504 e. The summed E-state index contributed by atoms with van der Waals surface area (Å²) in [5.74, 6) is 0.536. The molecule has 0 amide bonds. The summed E-state index contributed by atoms with van der Waals surface area (Å²) in [6, 6.07) is 5.30. The van der Waals surface area contributed by atoms with Gasteiger partial charge in [0.1, 0.15) is 0 Å². The van der Waals surface area contributed by atoms with Crippen LogP contribution in [0.2, 0.25) is 0 Å². The third-order valence-electron chi connectivity index (χ3n) is 2.80. The molecule has 1 aromatic carbocycles. The molecule has 0 aromatic heterocycles. The van der Waals surface area contributed by atoms with Gasteiger partial charge in [-0.15, -0.1) is 0 Å². The zero-order valence-corrected chi connectivity index (χ0v) is 13.6. The van der Waals surface area contributed by atoms with Crippen molar-refractivity contribution in [3.05, 3.63) is 23.8 Å². The number of phenols is 1. The second-order valence-electron chi connectivity index (χ2n) is 4.48. The van der Waals surface area contributed by atoms with Crippen LogP contribution in [0.4, 0.5) is 0 Å². The van der Waals surface area contributed by atoms with Crippen molar-refractivity contribution in [2.45, 2.75) is 26.7 Å². The molecule has 0 aliphatic heterocycles. The van der Waals surface area contributed by atoms with E-state index in [1.807, 2.05) is 13.0 Å². The summed E-state index contributed by atoms with van der Waals surface area (Å²) in [4.78, 5) is 0. The van der Waals surface area contributed by atoms with Crippen LogP contribution in [0.5, 0.6) is 11.5 Å². The highest BCUT2D eigenvalue weighted by Gasteiger charge is 2.06. The molecule has 0 atom stereocenters. The predicted molar refractivity (Wildman–Crippen MR) is 90.1 cm³/mol. The molecular formula is C15H23N3O2S. The summed E-state index contributed by atoms with van der Waals surface area (Å²) in [6.45, 7) is 5.33. The van der Waals surface area contributed by atoms with Crippen LogP contribution in [0.1, 0.15) is 32.3 Å². The Labute approximate surface area is 131 Å². The van der Waals surface area contributed by atoms with E-state index in [9.17, 15) is 5.11 Å². The van der Waals surface area contributed by atoms with E-state index in [-0.39, 0.29) is 5.75 Å². The molecule has 0 radical (unpaired) electrons. The highest BCUT2D eigenvalue weighted by Crippen LogP contribution is 2.28. The quantitative estimate of drug-likeness (QED) is 0.351. The summed E-state index contributed by atoms with van der Waals surface area (Å²) in [5, 5.41) is 19.5. The first-order valence-corrected chi connectivity index (χ1v) is 7.51. The van der Waals surface area contributed by atoms with E-state index in [4.69, 9.17) is 17.0 Å². The number of hydrogen-bond donors (Lipinski definition) is 2. The van der Waals surface area contributed by atoms with Gasteiger partial charge in [0.25, 0.3) is 0 Å². The van der Waals surface area contributed by atoms with Crippen molar-refractivity contribution in [2.75, 3.05) is 20.2 Å². The molecule has 0 saturated carbocycles. The van der Waals surface area contributed by atoms with E-state index in [0.29, 0.717) is 23.0 Å². The van der Waals surface area contributed by atoms with Gasteiger partial charge in [-0.25, -0.2) is 5.01 Å². The van der Waals surface area contributed by atoms with Gasteiger partial charge in [-0.2, -0.15) is 5.10 Å². The minimum atomic E-state index is 0.0846. The van der Waals surface area contributed by atoms with Crippen molar-refractivity contribution >= 4 is 23.5 Å². The highest BCUT2D eigenvalue weighted by molar-refractivity contribution is 7.80. The van der Waals surface area contributed by atoms with Crippen LogP contribution >= 0.6 is 12.2 Å². The van der Waals surface area contributed by atoms with Gasteiger partial charge in [0.15, 0.2) is 16.6 Å². The van der Waals surface area contributed by atoms with Gasteiger partial charge in [0, 0.05) is 19.2 Å². The van der Waals surface area contributed by atoms with Crippen LogP contribution in [0.25, 0.3) is 0 Å². The number of rotatable bonds is 7. The molecule has 116 valence electrons. The molecule has 0 spiro atoms. The molecule has 0 saturated heterocycles. The van der Waals surface area contributed by atoms with Gasteiger partial charge in [-0.3, -0.25) is 0 Å². The van der Waals surface area contributed by atoms with Crippen molar-refractivity contribution in [1.82, 2.24) is 10.3 Å². The first kappa shape index (κ1) is 17.2. The van der Waals surface area contributed by atoms with E-state index in [1.165, 1.54) is 0 Å². The number of aromatic hydroxyl groups is 1. The number of nitrogens with one attached hydrogen (secondary N) is 1. The SMILES string of the molecule is CCCCNC(=S)N(C)/N=C\c1cccc(OCC)c1O. The lowest BCUT2D eigenvalue weighted by Gasteiger charge is -2.15. The fraction of sp³-hybridized carbons (Fsp3) is 0.467. The molecule has 0 aliphatic carbocycles. The van der Waals surface area contributed by atoms with Crippen molar-refractivity contribution in [2.24, 2.45) is 5.10 Å². The summed E-state index contributed by atoms with van der Waals surface area (Å²) < 4.78 is 5.33. The first-order valence-electron chi connectivity index (χ1n) is 7.10. The zero-order valence-electron chi connectivity index (χ0n) is 12.8. The van der Waals surface area contributed by atoms with Crippen LogP contribution in [0, 0.1) is 0 Å². The Kier molecular flexibility index (Phi) is 7.53. The zero-order chi connectivity index (χ0) is 15.7. The van der Waals surface area contributed by atoms with Gasteiger partial charge in [0.2, 0.25) is 0 Å². The topological polar surface area (TPSA) is 57.1 Å². The Hall–Kier alpha value is -1.82. The molecular weight excluding hydrogens is 286 g/mol. The molecule has 0 bridgehead atoms. The van der Waals surface area contributed by atoms with Gasteiger partial charge in [0.05, 0.1) is 12.8 Å². The van der Waals surface area contributed by atoms with Gasteiger partial charge in [-0.05, 0) is 37.7 Å². The Balaban J connectivity index is 2.67. The van der Waals surface area contributed by atoms with E-state index in [0.717, 1.165) is 19.4 Å². The summed E-state index contributed by atoms with van der Waals surface area (Å²) >= 11 is 5.22. The van der Waals surface area contributed by atoms with Gasteiger partial charge in [-0.1, -0.05) is 19.4 Å². The van der Waals surface area contributed by atoms with Crippen LogP contribution in [0.15, 0.2) is 23.3 Å². The fourth-order valence-electron chi connectivity index (χ4n) is 1.60. The third kappa shape index (κ3) is 5.59. The highest BCUT2D eigenvalue weighted by atomic mass is 32.1.